The maximum Gasteiger partial charge on any atom is 0.293 e. The van der Waals surface area contributed by atoms with E-state index in [2.05, 4.69) is 4.90 Å². The van der Waals surface area contributed by atoms with Crippen LogP contribution in [0.4, 0.5) is 11.4 Å². The highest BCUT2D eigenvalue weighted by molar-refractivity contribution is 5.95. The molecule has 0 spiro atoms. The minimum atomic E-state index is -0.396. The molecule has 0 N–H and O–H groups in total. The van der Waals surface area contributed by atoms with Crippen molar-refractivity contribution >= 4 is 17.2 Å². The molecule has 0 bridgehead atoms. The van der Waals surface area contributed by atoms with Crippen LogP contribution in [0.5, 0.6) is 0 Å². The van der Waals surface area contributed by atoms with E-state index in [-0.39, 0.29) is 11.5 Å². The van der Waals surface area contributed by atoms with Crippen LogP contribution in [0.15, 0.2) is 18.2 Å². The number of hydrogen-bond donors (Lipinski definition) is 0. The first kappa shape index (κ1) is 13.5. The summed E-state index contributed by atoms with van der Waals surface area (Å²) >= 11 is 0. The second kappa shape index (κ2) is 5.82. The number of hydrogen-bond acceptors (Lipinski definition) is 4. The summed E-state index contributed by atoms with van der Waals surface area (Å²) in [5.74, 6) is -0.148. The molecule has 0 aliphatic carbocycles. The molecule has 1 fully saturated rings. The van der Waals surface area contributed by atoms with E-state index in [0.29, 0.717) is 11.3 Å². The van der Waals surface area contributed by atoms with Crippen molar-refractivity contribution < 1.29 is 9.72 Å². The van der Waals surface area contributed by atoms with Crippen molar-refractivity contribution in [3.8, 4) is 0 Å². The zero-order valence-corrected chi connectivity index (χ0v) is 11.1. The topological polar surface area (TPSA) is 63.5 Å². The summed E-state index contributed by atoms with van der Waals surface area (Å²) in [7, 11) is 0. The van der Waals surface area contributed by atoms with Crippen LogP contribution >= 0.6 is 0 Å². The van der Waals surface area contributed by atoms with Crippen LogP contribution < -0.4 is 4.90 Å². The van der Waals surface area contributed by atoms with E-state index in [0.717, 1.165) is 25.9 Å². The minimum absolute atomic E-state index is 0.0367. The van der Waals surface area contributed by atoms with Crippen LogP contribution in [-0.2, 0) is 0 Å². The van der Waals surface area contributed by atoms with E-state index in [1.807, 2.05) is 0 Å². The Morgan fingerprint density at radius 2 is 1.84 bits per heavy atom. The number of ketones is 1. The summed E-state index contributed by atoms with van der Waals surface area (Å²) in [5.41, 5.74) is 1.07. The summed E-state index contributed by atoms with van der Waals surface area (Å²) in [6, 6.07) is 4.78. The molecule has 0 atom stereocenters. The third-order valence-corrected chi connectivity index (χ3v) is 3.53. The van der Waals surface area contributed by atoms with Gasteiger partial charge in [0.15, 0.2) is 5.78 Å². The largest absolute Gasteiger partial charge is 0.366 e. The predicted octanol–water partition coefficient (Wildman–Crippen LogP) is 3.18. The van der Waals surface area contributed by atoms with E-state index < -0.39 is 4.92 Å². The van der Waals surface area contributed by atoms with Gasteiger partial charge in [-0.25, -0.2) is 0 Å². The highest BCUT2D eigenvalue weighted by atomic mass is 16.6. The molecular formula is C14H18N2O3. The number of rotatable bonds is 3. The Hall–Kier alpha value is -1.91. The van der Waals surface area contributed by atoms with Gasteiger partial charge in [0.05, 0.1) is 4.92 Å². The van der Waals surface area contributed by atoms with Crippen LogP contribution in [0.3, 0.4) is 0 Å². The van der Waals surface area contributed by atoms with E-state index in [4.69, 9.17) is 0 Å². The van der Waals surface area contributed by atoms with E-state index in [1.165, 1.54) is 25.8 Å². The second-order valence-electron chi connectivity index (χ2n) is 4.92. The lowest BCUT2D eigenvalue weighted by atomic mass is 10.1. The van der Waals surface area contributed by atoms with Crippen molar-refractivity contribution in [3.63, 3.8) is 0 Å². The molecule has 19 heavy (non-hydrogen) atoms. The average molecular weight is 262 g/mol. The molecule has 1 aliphatic heterocycles. The van der Waals surface area contributed by atoms with E-state index in [1.54, 1.807) is 12.1 Å². The standard InChI is InChI=1S/C14H18N2O3/c1-11(17)12-6-7-13(14(10-12)16(18)19)15-8-4-2-3-5-9-15/h6-7,10H,2-5,8-9H2,1H3. The normalized spacial score (nSPS) is 15.9. The zero-order chi connectivity index (χ0) is 13.8. The minimum Gasteiger partial charge on any atom is -0.366 e. The molecule has 0 saturated carbocycles. The van der Waals surface area contributed by atoms with Gasteiger partial charge in [-0.05, 0) is 31.9 Å². The first-order chi connectivity index (χ1) is 9.09. The van der Waals surface area contributed by atoms with Gasteiger partial charge in [-0.1, -0.05) is 12.8 Å². The molecule has 102 valence electrons. The third kappa shape index (κ3) is 3.10. The fourth-order valence-corrected chi connectivity index (χ4v) is 2.47. The molecule has 0 unspecified atom stereocenters. The van der Waals surface area contributed by atoms with Gasteiger partial charge in [0.25, 0.3) is 5.69 Å². The van der Waals surface area contributed by atoms with Crippen LogP contribution in [-0.4, -0.2) is 23.8 Å². The monoisotopic (exact) mass is 262 g/mol. The lowest BCUT2D eigenvalue weighted by Gasteiger charge is -2.22. The molecular weight excluding hydrogens is 244 g/mol. The number of carbonyl (C=O) groups excluding carboxylic acids is 1. The van der Waals surface area contributed by atoms with Gasteiger partial charge in [-0.2, -0.15) is 0 Å². The third-order valence-electron chi connectivity index (χ3n) is 3.53. The first-order valence-electron chi connectivity index (χ1n) is 6.64. The van der Waals surface area contributed by atoms with E-state index >= 15 is 0 Å². The molecule has 0 amide bonds. The number of carbonyl (C=O) groups is 1. The van der Waals surface area contributed by atoms with Crippen molar-refractivity contribution in [1.82, 2.24) is 0 Å². The van der Waals surface area contributed by atoms with Crippen molar-refractivity contribution in [3.05, 3.63) is 33.9 Å². The Balaban J connectivity index is 2.37. The summed E-state index contributed by atoms with van der Waals surface area (Å²) in [5, 5.41) is 11.2. The quantitative estimate of drug-likeness (QED) is 0.477. The summed E-state index contributed by atoms with van der Waals surface area (Å²) in [6.45, 7) is 3.12. The van der Waals surface area contributed by atoms with Gasteiger partial charge in [0.1, 0.15) is 5.69 Å². The number of benzene rings is 1. The molecule has 1 aliphatic rings. The molecule has 1 aromatic rings. The average Bonchev–Trinajstić information content (AvgIpc) is 2.66. The van der Waals surface area contributed by atoms with Gasteiger partial charge in [0.2, 0.25) is 0 Å². The van der Waals surface area contributed by atoms with Crippen molar-refractivity contribution in [2.75, 3.05) is 18.0 Å². The first-order valence-corrected chi connectivity index (χ1v) is 6.64. The van der Waals surface area contributed by atoms with Crippen LogP contribution in [0.1, 0.15) is 43.0 Å². The smallest absolute Gasteiger partial charge is 0.293 e. The Bertz CT molecular complexity index is 491. The van der Waals surface area contributed by atoms with Crippen molar-refractivity contribution in [2.24, 2.45) is 0 Å². The zero-order valence-electron chi connectivity index (χ0n) is 11.1. The maximum absolute atomic E-state index is 11.3. The van der Waals surface area contributed by atoms with Gasteiger partial charge < -0.3 is 4.90 Å². The molecule has 2 rings (SSSR count). The fraction of sp³-hybridized carbons (Fsp3) is 0.500. The lowest BCUT2D eigenvalue weighted by molar-refractivity contribution is -0.384. The molecule has 5 heteroatoms. The summed E-state index contributed by atoms with van der Waals surface area (Å²) in [4.78, 5) is 24.2. The lowest BCUT2D eigenvalue weighted by Crippen LogP contribution is -2.24. The Labute approximate surface area is 112 Å². The number of nitrogens with zero attached hydrogens (tertiary/aromatic N) is 2. The van der Waals surface area contributed by atoms with Crippen LogP contribution in [0, 0.1) is 10.1 Å². The van der Waals surface area contributed by atoms with Gasteiger partial charge in [-0.3, -0.25) is 14.9 Å². The van der Waals surface area contributed by atoms with Crippen LogP contribution in [0.25, 0.3) is 0 Å². The summed E-state index contributed by atoms with van der Waals surface area (Å²) in [6.07, 6.45) is 4.48. The van der Waals surface area contributed by atoms with Gasteiger partial charge >= 0.3 is 0 Å². The second-order valence-corrected chi connectivity index (χ2v) is 4.92. The highest BCUT2D eigenvalue weighted by Crippen LogP contribution is 2.31. The van der Waals surface area contributed by atoms with Gasteiger partial charge in [0, 0.05) is 24.7 Å². The number of nitro groups is 1. The maximum atomic E-state index is 11.3. The number of Topliss-reactive ketones (excluding diaryl/α,β-unsaturated/α-hetero) is 1. The molecule has 1 aromatic carbocycles. The van der Waals surface area contributed by atoms with Gasteiger partial charge in [-0.15, -0.1) is 0 Å². The Kier molecular flexibility index (Phi) is 4.14. The SMILES string of the molecule is CC(=O)c1ccc(N2CCCCCC2)c([N+](=O)[O-])c1. The highest BCUT2D eigenvalue weighted by Gasteiger charge is 2.21. The van der Waals surface area contributed by atoms with E-state index in [9.17, 15) is 14.9 Å². The molecule has 0 aromatic heterocycles. The predicted molar refractivity (Wildman–Crippen MR) is 73.8 cm³/mol. The summed E-state index contributed by atoms with van der Waals surface area (Å²) < 4.78 is 0. The number of anilines is 1. The fourth-order valence-electron chi connectivity index (χ4n) is 2.47. The van der Waals surface area contributed by atoms with Crippen molar-refractivity contribution in [1.29, 1.82) is 0 Å². The molecule has 0 radical (unpaired) electrons. The number of nitro benzene ring substituents is 1. The molecule has 1 heterocycles. The van der Waals surface area contributed by atoms with Crippen LogP contribution in [0.2, 0.25) is 0 Å². The molecule has 1 saturated heterocycles. The Morgan fingerprint density at radius 1 is 1.21 bits per heavy atom. The van der Waals surface area contributed by atoms with Crippen molar-refractivity contribution in [2.45, 2.75) is 32.6 Å². The molecule has 5 nitrogen and oxygen atoms in total. The Morgan fingerprint density at radius 3 is 2.37 bits per heavy atom.